The molecule has 4 aromatic heterocycles. The Kier molecular flexibility index (Phi) is 28.2. The van der Waals surface area contributed by atoms with Gasteiger partial charge in [0.2, 0.25) is 11.8 Å². The number of esters is 2. The SMILES string of the molecule is C=C[C@@H]1C[C@]1(CC(=O)[C@@H]1CC(O)CN1C(=O)[C@@H](CC(=O)OC1C[C@@H]2C[C@@H]2C1)C(C)(C)C)C(=O)O.C=C[C@@H]1C[C@]1(CC(=O)[C@@H]1CC(Oc2cc(-n3ccc(NC(C)C)n3)nc3cc(OCCN4CCOCC4)ccc23)CN1C(=O)[C@@H](CC(=O)OC1C[C@@H]2C[C@@H]2C1)C(C)(C)C)C(=O)O.CC(C)Nc1ccn(-c2cc(Cl)c3ccc(OCCN4CCOCC4)cc3n2)n1. The molecule has 676 valence electrons. The van der Waals surface area contributed by atoms with Crippen LogP contribution in [0.1, 0.15) is 159 Å². The third-order valence-electron chi connectivity index (χ3n) is 26.8. The van der Waals surface area contributed by atoms with Gasteiger partial charge in [0, 0.05) is 143 Å². The summed E-state index contributed by atoms with van der Waals surface area (Å²) < 4.78 is 44.8. The molecule has 2 aromatic carbocycles. The van der Waals surface area contributed by atoms with Gasteiger partial charge in [0.1, 0.15) is 60.4 Å². The number of aliphatic hydroxyl groups excluding tert-OH is 1. The number of anilines is 2. The van der Waals surface area contributed by atoms with Crippen LogP contribution >= 0.6 is 11.6 Å². The molecule has 10 fully saturated rings. The van der Waals surface area contributed by atoms with Crippen molar-refractivity contribution in [2.75, 3.05) is 103 Å². The van der Waals surface area contributed by atoms with Gasteiger partial charge in [0.25, 0.3) is 0 Å². The molecule has 30 nitrogen and oxygen atoms in total. The average molecular weight is 1750 g/mol. The summed E-state index contributed by atoms with van der Waals surface area (Å²) >= 11 is 6.51. The Labute approximate surface area is 736 Å². The molecule has 6 aliphatic carbocycles. The molecule has 4 saturated heterocycles. The van der Waals surface area contributed by atoms with E-state index in [0.717, 1.165) is 101 Å². The van der Waals surface area contributed by atoms with Gasteiger partial charge >= 0.3 is 23.9 Å². The number of ether oxygens (including phenoxy) is 7. The lowest BCUT2D eigenvalue weighted by molar-refractivity contribution is -0.157. The Hall–Kier alpha value is -9.59. The number of aliphatic hydroxyl groups is 1. The van der Waals surface area contributed by atoms with Gasteiger partial charge in [0.15, 0.2) is 23.2 Å². The number of fused-ring (bicyclic) bond motifs is 4. The van der Waals surface area contributed by atoms with E-state index >= 15 is 0 Å². The van der Waals surface area contributed by atoms with Gasteiger partial charge in [0.05, 0.1) is 103 Å². The molecule has 125 heavy (non-hydrogen) atoms. The third-order valence-corrected chi connectivity index (χ3v) is 27.1. The normalized spacial score (nSPS) is 27.2. The summed E-state index contributed by atoms with van der Waals surface area (Å²) in [6, 6.07) is 17.5. The van der Waals surface area contributed by atoms with Gasteiger partial charge in [-0.05, 0) is 150 Å². The van der Waals surface area contributed by atoms with Crippen LogP contribution in [0.4, 0.5) is 11.6 Å². The number of amides is 2. The lowest BCUT2D eigenvalue weighted by Gasteiger charge is -2.35. The topological polar surface area (TPSA) is 360 Å². The van der Waals surface area contributed by atoms with Crippen LogP contribution < -0.4 is 24.8 Å². The molecule has 6 aromatic rings. The van der Waals surface area contributed by atoms with Crippen molar-refractivity contribution in [1.29, 1.82) is 0 Å². The Morgan fingerprint density at radius 2 is 0.984 bits per heavy atom. The van der Waals surface area contributed by atoms with E-state index in [1.807, 2.05) is 122 Å². The molecule has 0 radical (unpaired) electrons. The monoisotopic (exact) mass is 1740 g/mol. The molecular weight excluding hydrogens is 1620 g/mol. The second-order valence-electron chi connectivity index (χ2n) is 38.9. The maximum absolute atomic E-state index is 14.9. The first-order chi connectivity index (χ1) is 59.5. The fraction of sp³-hybridized carbons (Fsp3) is 0.617. The molecule has 6 saturated carbocycles. The zero-order valence-corrected chi connectivity index (χ0v) is 74.6. The van der Waals surface area contributed by atoms with Crippen molar-refractivity contribution >= 4 is 92.3 Å². The molecule has 5 N–H and O–H groups in total. The fourth-order valence-corrected chi connectivity index (χ4v) is 19.4. The van der Waals surface area contributed by atoms with Crippen molar-refractivity contribution < 1.29 is 86.8 Å². The number of rotatable bonds is 34. The first-order valence-electron chi connectivity index (χ1n) is 44.7. The second kappa shape index (κ2) is 38.5. The van der Waals surface area contributed by atoms with Crippen molar-refractivity contribution in [1.82, 2.24) is 49.1 Å². The summed E-state index contributed by atoms with van der Waals surface area (Å²) in [4.78, 5) is 124. The van der Waals surface area contributed by atoms with E-state index in [1.165, 1.54) is 22.6 Å². The number of ketones is 2. The van der Waals surface area contributed by atoms with Crippen LogP contribution in [0.2, 0.25) is 5.02 Å². The molecule has 8 heterocycles. The smallest absolute Gasteiger partial charge is 0.310 e. The van der Waals surface area contributed by atoms with E-state index in [4.69, 9.17) is 59.8 Å². The standard InChI is InChI=1S/C47H62N6O9.C26H37NO7.C21H26ClN5O2/c1-7-31-25-47(31,45(57)58)26-39(54)38-22-34(27-52(38)44(56)36(46(4,5)6)23-43(55)62-33-19-29-18-30(29)20-33)61-40-24-42(53-11-10-41(50-53)48-28(2)3)49-37-21-32(8-9-35(37)40)60-17-14-51-12-15-59-16-13-51;1-5-16-11-26(16,24(32)33)12-21(29)20-9-17(28)13-27(20)23(31)19(25(2,3)4)10-22(30)34-18-7-14-6-15(14)8-18;1-15(2)23-20-5-6-27(25-20)21-14-18(22)17-4-3-16(13-19(17)24-21)29-12-9-26-7-10-28-11-8-26/h7-11,21,24,28-31,33-34,36,38H,1,12-20,22-23,25-27H2,2-6H3,(H,48,50)(H,57,58);5,14-20,28H,1,6-13H2,2-4H3,(H,32,33);3-6,13-15H,7-12H2,1-2H3,(H,23,25)/t29-,30+,31-,33?,34?,36-,38+,47-;14-,15+,16-,17?,18?,19-,20+,26-;/m11./s1. The highest BCUT2D eigenvalue weighted by atomic mass is 35.5. The minimum Gasteiger partial charge on any atom is -0.492 e. The minimum absolute atomic E-state index is 0.00614. The molecule has 4 unspecified atom stereocenters. The molecular formula is C94H125ClN12O18. The van der Waals surface area contributed by atoms with E-state index in [0.29, 0.717) is 114 Å². The molecule has 4 aliphatic heterocycles. The quantitative estimate of drug-likeness (QED) is 0.0185. The van der Waals surface area contributed by atoms with Crippen LogP contribution in [0.25, 0.3) is 33.4 Å². The Balaban J connectivity index is 0.000000169. The number of β-amino-alcohol motifs (C(OH)–C–C–N with tert-alkyl or cyclic N) is 1. The molecule has 31 heteroatoms. The van der Waals surface area contributed by atoms with Crippen LogP contribution in [0.3, 0.4) is 0 Å². The lowest BCUT2D eigenvalue weighted by Crippen LogP contribution is -2.48. The summed E-state index contributed by atoms with van der Waals surface area (Å²) in [5, 5.41) is 48.3. The fourth-order valence-electron chi connectivity index (χ4n) is 19.1. The number of aromatic nitrogens is 6. The summed E-state index contributed by atoms with van der Waals surface area (Å²) in [7, 11) is 0. The third kappa shape index (κ3) is 22.3. The number of aliphatic carboxylic acids is 2. The zero-order chi connectivity index (χ0) is 89.1. The lowest BCUT2D eigenvalue weighted by atomic mass is 9.77. The number of nitrogens with zero attached hydrogens (tertiary/aromatic N) is 10. The first kappa shape index (κ1) is 91.6. The van der Waals surface area contributed by atoms with Gasteiger partial charge < -0.3 is 68.9 Å². The average Bonchev–Trinajstić information content (AvgIpc) is 1.59. The minimum atomic E-state index is -1.26. The van der Waals surface area contributed by atoms with E-state index in [9.17, 15) is 53.7 Å². The highest BCUT2D eigenvalue weighted by Crippen LogP contribution is 2.59. The number of hydrogen-bond acceptors (Lipinski definition) is 24. The van der Waals surface area contributed by atoms with Gasteiger partial charge in [-0.1, -0.05) is 65.3 Å². The Bertz CT molecular complexity index is 4930. The largest absolute Gasteiger partial charge is 0.492 e. The maximum Gasteiger partial charge on any atom is 0.310 e. The number of pyridine rings is 2. The Morgan fingerprint density at radius 3 is 1.41 bits per heavy atom. The van der Waals surface area contributed by atoms with Gasteiger partial charge in [-0.3, -0.25) is 48.2 Å². The zero-order valence-electron chi connectivity index (χ0n) is 73.8. The molecule has 2 amide bonds. The number of morpholine rings is 2. The summed E-state index contributed by atoms with van der Waals surface area (Å²) in [5.41, 5.74) is -2.26. The summed E-state index contributed by atoms with van der Waals surface area (Å²) in [6.45, 7) is 36.5. The van der Waals surface area contributed by atoms with E-state index in [2.05, 4.69) is 52.5 Å². The van der Waals surface area contributed by atoms with Gasteiger partial charge in [-0.15, -0.1) is 23.4 Å². The number of carbonyl (C=O) groups is 8. The highest BCUT2D eigenvalue weighted by Gasteiger charge is 2.63. The van der Waals surface area contributed by atoms with Crippen molar-refractivity contribution in [2.45, 2.75) is 208 Å². The second-order valence-corrected chi connectivity index (χ2v) is 39.3. The number of hydrogen-bond donors (Lipinski definition) is 5. The van der Waals surface area contributed by atoms with Crippen LogP contribution in [-0.4, -0.2) is 252 Å². The van der Waals surface area contributed by atoms with Crippen LogP contribution in [-0.2, 0) is 57.3 Å². The van der Waals surface area contributed by atoms with Crippen LogP contribution in [0.15, 0.2) is 98.4 Å². The number of carboxylic acids is 2. The molecule has 16 rings (SSSR count). The number of likely N-dealkylation sites (tertiary alicyclic amines) is 2. The van der Waals surface area contributed by atoms with Crippen LogP contribution in [0, 0.1) is 69.0 Å². The number of halogens is 1. The maximum atomic E-state index is 14.9. The van der Waals surface area contributed by atoms with Gasteiger partial charge in [-0.25, -0.2) is 19.3 Å². The number of allylic oxidation sites excluding steroid dienone is 2. The highest BCUT2D eigenvalue weighted by molar-refractivity contribution is 6.35. The van der Waals surface area contributed by atoms with Crippen molar-refractivity contribution in [2.24, 2.45) is 69.0 Å². The number of benzene rings is 2. The van der Waals surface area contributed by atoms with Crippen LogP contribution in [0.5, 0.6) is 17.2 Å². The summed E-state index contributed by atoms with van der Waals surface area (Å²) in [5.74, 6) is 0.721. The Morgan fingerprint density at radius 1 is 0.560 bits per heavy atom. The van der Waals surface area contributed by atoms with Crippen molar-refractivity contribution in [3.63, 3.8) is 0 Å². The molecule has 16 atom stereocenters. The predicted octanol–water partition coefficient (Wildman–Crippen LogP) is 12.1. The summed E-state index contributed by atoms with van der Waals surface area (Å²) in [6.07, 6.45) is 11.3. The number of carboxylic acid groups (broad SMARTS) is 2. The predicted molar refractivity (Wildman–Crippen MR) is 469 cm³/mol. The molecule has 0 bridgehead atoms. The number of Topliss-reactive ketones (excluding diaryl/α,β-unsaturated/α-hetero) is 2. The van der Waals surface area contributed by atoms with E-state index in [1.54, 1.807) is 27.6 Å². The molecule has 10 aliphatic rings. The van der Waals surface area contributed by atoms with Gasteiger partial charge in [-0.2, -0.15) is 0 Å². The first-order valence-corrected chi connectivity index (χ1v) is 45.1. The molecule has 0 spiro atoms. The van der Waals surface area contributed by atoms with E-state index in [-0.39, 0.29) is 105 Å². The van der Waals surface area contributed by atoms with Crippen molar-refractivity contribution in [3.05, 3.63) is 103 Å². The van der Waals surface area contributed by atoms with E-state index < -0.39 is 81.7 Å². The number of nitrogens with one attached hydrogen (secondary N) is 2. The number of carbonyl (C=O) groups excluding carboxylic acids is 6. The van der Waals surface area contributed by atoms with Crippen molar-refractivity contribution in [3.8, 4) is 28.9 Å².